The summed E-state index contributed by atoms with van der Waals surface area (Å²) in [5.41, 5.74) is 2.03. The molecule has 3 rings (SSSR count). The number of hydrogen-bond donors (Lipinski definition) is 1. The standard InChI is InChI=1S/C32H41N3O6S/c1-7-24(3)33-32(37)25(4)34(20-19-26-11-9-8-10-12-26)31(36)22-35(29-21-27(40-5)15-18-30(29)41-6)42(38,39)28-16-13-23(2)14-17-28/h8-18,21,24-25H,7,19-20,22H2,1-6H3,(H,33,37)/t24-,25+/m1/s1. The van der Waals surface area contributed by atoms with Crippen molar-refractivity contribution >= 4 is 27.5 Å². The average Bonchev–Trinajstić information content (AvgIpc) is 3.00. The number of aryl methyl sites for hydroxylation is 1. The lowest BCUT2D eigenvalue weighted by atomic mass is 10.1. The van der Waals surface area contributed by atoms with E-state index in [1.54, 1.807) is 31.2 Å². The van der Waals surface area contributed by atoms with E-state index in [0.717, 1.165) is 21.9 Å². The fourth-order valence-electron chi connectivity index (χ4n) is 4.38. The van der Waals surface area contributed by atoms with E-state index in [9.17, 15) is 18.0 Å². The zero-order chi connectivity index (χ0) is 30.9. The maximum absolute atomic E-state index is 14.1. The molecule has 9 nitrogen and oxygen atoms in total. The van der Waals surface area contributed by atoms with Crippen LogP contribution in [0.1, 0.15) is 38.3 Å². The molecule has 1 N–H and O–H groups in total. The predicted octanol–water partition coefficient (Wildman–Crippen LogP) is 4.58. The number of carbonyl (C=O) groups excluding carboxylic acids is 2. The molecule has 3 aromatic rings. The molecule has 226 valence electrons. The molecule has 0 unspecified atom stereocenters. The van der Waals surface area contributed by atoms with E-state index in [1.165, 1.54) is 37.3 Å². The van der Waals surface area contributed by atoms with Gasteiger partial charge in [-0.3, -0.25) is 13.9 Å². The molecule has 0 bridgehead atoms. The summed E-state index contributed by atoms with van der Waals surface area (Å²) in [5, 5.41) is 2.94. The van der Waals surface area contributed by atoms with E-state index in [4.69, 9.17) is 9.47 Å². The molecule has 0 aliphatic rings. The molecule has 2 atom stereocenters. The van der Waals surface area contributed by atoms with Gasteiger partial charge in [-0.05, 0) is 63.4 Å². The first-order valence-electron chi connectivity index (χ1n) is 14.0. The fourth-order valence-corrected chi connectivity index (χ4v) is 5.79. The first-order chi connectivity index (χ1) is 20.0. The van der Waals surface area contributed by atoms with Gasteiger partial charge in [0, 0.05) is 18.7 Å². The van der Waals surface area contributed by atoms with Gasteiger partial charge < -0.3 is 19.7 Å². The number of nitrogens with zero attached hydrogens (tertiary/aromatic N) is 2. The van der Waals surface area contributed by atoms with Gasteiger partial charge in [0.15, 0.2) is 0 Å². The van der Waals surface area contributed by atoms with E-state index in [1.807, 2.05) is 51.1 Å². The molecule has 42 heavy (non-hydrogen) atoms. The normalized spacial score (nSPS) is 12.6. The minimum atomic E-state index is -4.24. The third-order valence-corrected chi connectivity index (χ3v) is 8.97. The summed E-state index contributed by atoms with van der Waals surface area (Å²) in [4.78, 5) is 28.7. The monoisotopic (exact) mass is 595 g/mol. The van der Waals surface area contributed by atoms with Crippen molar-refractivity contribution in [2.75, 3.05) is 31.6 Å². The van der Waals surface area contributed by atoms with Gasteiger partial charge in [-0.1, -0.05) is 55.0 Å². The minimum Gasteiger partial charge on any atom is -0.497 e. The highest BCUT2D eigenvalue weighted by molar-refractivity contribution is 7.92. The first-order valence-corrected chi connectivity index (χ1v) is 15.4. The number of benzene rings is 3. The van der Waals surface area contributed by atoms with Crippen LogP contribution in [0.15, 0.2) is 77.7 Å². The number of anilines is 1. The van der Waals surface area contributed by atoms with Crippen LogP contribution in [0.25, 0.3) is 0 Å². The number of methoxy groups -OCH3 is 2. The van der Waals surface area contributed by atoms with Crippen LogP contribution in [0.4, 0.5) is 5.69 Å². The minimum absolute atomic E-state index is 0.0178. The van der Waals surface area contributed by atoms with Crippen molar-refractivity contribution in [3.05, 3.63) is 83.9 Å². The molecule has 0 fully saturated rings. The number of carbonyl (C=O) groups is 2. The molecule has 0 radical (unpaired) electrons. The highest BCUT2D eigenvalue weighted by Crippen LogP contribution is 2.36. The van der Waals surface area contributed by atoms with Crippen molar-refractivity contribution in [2.45, 2.75) is 57.5 Å². The lowest BCUT2D eigenvalue weighted by molar-refractivity contribution is -0.139. The molecular weight excluding hydrogens is 554 g/mol. The van der Waals surface area contributed by atoms with Gasteiger partial charge in [-0.15, -0.1) is 0 Å². The summed E-state index contributed by atoms with van der Waals surface area (Å²) < 4.78 is 40.1. The summed E-state index contributed by atoms with van der Waals surface area (Å²) >= 11 is 0. The number of hydrogen-bond acceptors (Lipinski definition) is 6. The topological polar surface area (TPSA) is 105 Å². The van der Waals surface area contributed by atoms with Crippen LogP contribution >= 0.6 is 0 Å². The molecular formula is C32H41N3O6S. The Morgan fingerprint density at radius 2 is 1.60 bits per heavy atom. The summed E-state index contributed by atoms with van der Waals surface area (Å²) in [6.07, 6.45) is 1.22. The SMILES string of the molecule is CC[C@@H](C)NC(=O)[C@H](C)N(CCc1ccccc1)C(=O)CN(c1cc(OC)ccc1OC)S(=O)(=O)c1ccc(C)cc1. The molecule has 0 aliphatic carbocycles. The number of rotatable bonds is 14. The maximum atomic E-state index is 14.1. The zero-order valence-corrected chi connectivity index (χ0v) is 26.0. The maximum Gasteiger partial charge on any atom is 0.264 e. The number of ether oxygens (including phenoxy) is 2. The second-order valence-electron chi connectivity index (χ2n) is 10.2. The summed E-state index contributed by atoms with van der Waals surface area (Å²) in [5.74, 6) is -0.196. The van der Waals surface area contributed by atoms with E-state index in [-0.39, 0.29) is 34.8 Å². The second-order valence-corrected chi connectivity index (χ2v) is 12.0. The molecule has 0 heterocycles. The third kappa shape index (κ3) is 8.03. The van der Waals surface area contributed by atoms with E-state index < -0.39 is 28.5 Å². The zero-order valence-electron chi connectivity index (χ0n) is 25.2. The molecule has 0 spiro atoms. The number of amides is 2. The van der Waals surface area contributed by atoms with Crippen LogP contribution in [-0.2, 0) is 26.0 Å². The Hall–Kier alpha value is -4.05. The van der Waals surface area contributed by atoms with Crippen LogP contribution in [0.2, 0.25) is 0 Å². The smallest absolute Gasteiger partial charge is 0.264 e. The van der Waals surface area contributed by atoms with Gasteiger partial charge in [-0.25, -0.2) is 8.42 Å². The van der Waals surface area contributed by atoms with E-state index >= 15 is 0 Å². The van der Waals surface area contributed by atoms with Gasteiger partial charge in [0.05, 0.1) is 24.8 Å². The van der Waals surface area contributed by atoms with Crippen LogP contribution < -0.4 is 19.1 Å². The first kappa shape index (κ1) is 32.5. The van der Waals surface area contributed by atoms with Crippen molar-refractivity contribution < 1.29 is 27.5 Å². The van der Waals surface area contributed by atoms with Gasteiger partial charge in [0.2, 0.25) is 11.8 Å². The highest BCUT2D eigenvalue weighted by Gasteiger charge is 2.34. The lowest BCUT2D eigenvalue weighted by Gasteiger charge is -2.33. The van der Waals surface area contributed by atoms with Crippen molar-refractivity contribution in [3.63, 3.8) is 0 Å². The molecule has 0 aliphatic heterocycles. The van der Waals surface area contributed by atoms with Crippen molar-refractivity contribution in [1.29, 1.82) is 0 Å². The predicted molar refractivity (Wildman–Crippen MR) is 164 cm³/mol. The Bertz CT molecular complexity index is 1440. The molecule has 10 heteroatoms. The van der Waals surface area contributed by atoms with Gasteiger partial charge in [-0.2, -0.15) is 0 Å². The Morgan fingerprint density at radius 1 is 0.929 bits per heavy atom. The van der Waals surface area contributed by atoms with Crippen molar-refractivity contribution in [1.82, 2.24) is 10.2 Å². The Labute approximate surface area is 249 Å². The Kier molecular flexibility index (Phi) is 11.4. The average molecular weight is 596 g/mol. The van der Waals surface area contributed by atoms with Crippen LogP contribution in [0, 0.1) is 6.92 Å². The van der Waals surface area contributed by atoms with Gasteiger partial charge in [0.25, 0.3) is 10.0 Å². The lowest BCUT2D eigenvalue weighted by Crippen LogP contribution is -2.53. The fraction of sp³-hybridized carbons (Fsp3) is 0.375. The molecule has 3 aromatic carbocycles. The van der Waals surface area contributed by atoms with Crippen LogP contribution in [0.5, 0.6) is 11.5 Å². The van der Waals surface area contributed by atoms with Crippen LogP contribution in [-0.4, -0.2) is 64.5 Å². The molecule has 0 saturated heterocycles. The van der Waals surface area contributed by atoms with Crippen LogP contribution in [0.3, 0.4) is 0 Å². The summed E-state index contributed by atoms with van der Waals surface area (Å²) in [6, 6.07) is 19.9. The Balaban J connectivity index is 2.07. The van der Waals surface area contributed by atoms with Gasteiger partial charge in [0.1, 0.15) is 24.1 Å². The van der Waals surface area contributed by atoms with Crippen molar-refractivity contribution in [3.8, 4) is 11.5 Å². The summed E-state index contributed by atoms with van der Waals surface area (Å²) in [6.45, 7) is 7.03. The third-order valence-electron chi connectivity index (χ3n) is 7.20. The largest absolute Gasteiger partial charge is 0.497 e. The molecule has 0 saturated carbocycles. The quantitative estimate of drug-likeness (QED) is 0.293. The molecule has 0 aromatic heterocycles. The number of sulfonamides is 1. The number of nitrogens with one attached hydrogen (secondary N) is 1. The van der Waals surface area contributed by atoms with Gasteiger partial charge >= 0.3 is 0 Å². The van der Waals surface area contributed by atoms with E-state index in [2.05, 4.69) is 5.32 Å². The Morgan fingerprint density at radius 3 is 2.19 bits per heavy atom. The second kappa shape index (κ2) is 14.7. The van der Waals surface area contributed by atoms with E-state index in [0.29, 0.717) is 12.2 Å². The molecule has 2 amide bonds. The van der Waals surface area contributed by atoms with Crippen molar-refractivity contribution in [2.24, 2.45) is 0 Å². The highest BCUT2D eigenvalue weighted by atomic mass is 32.2. The summed E-state index contributed by atoms with van der Waals surface area (Å²) in [7, 11) is -1.34.